The lowest BCUT2D eigenvalue weighted by Gasteiger charge is -2.37. The van der Waals surface area contributed by atoms with E-state index < -0.39 is 0 Å². The lowest BCUT2D eigenvalue weighted by Crippen LogP contribution is -2.41. The molecule has 0 amide bonds. The van der Waals surface area contributed by atoms with Crippen molar-refractivity contribution in [2.24, 2.45) is 0 Å². The van der Waals surface area contributed by atoms with Gasteiger partial charge in [0, 0.05) is 29.6 Å². The highest BCUT2D eigenvalue weighted by molar-refractivity contribution is 5.39. The molecule has 84 valence electrons. The second-order valence-electron chi connectivity index (χ2n) is 5.22. The summed E-state index contributed by atoms with van der Waals surface area (Å²) in [5.41, 5.74) is 10.8. The van der Waals surface area contributed by atoms with Crippen LogP contribution in [0.2, 0.25) is 0 Å². The standard InChI is InChI=1S/C12H21N3/c1-5-10-9-6-7-15(12(2,3)4)8-11(9)14-13-10/h8,13-14H,5-7H2,1-4H3. The highest BCUT2D eigenvalue weighted by Crippen LogP contribution is 2.29. The zero-order valence-corrected chi connectivity index (χ0v) is 10.1. The molecule has 0 aromatic heterocycles. The molecule has 0 radical (unpaired) electrons. The molecule has 2 N–H and O–H groups in total. The number of fused-ring (bicyclic) bond motifs is 1. The molecule has 3 heteroatoms. The average Bonchev–Trinajstić information content (AvgIpc) is 2.58. The predicted molar refractivity (Wildman–Crippen MR) is 62.7 cm³/mol. The second-order valence-corrected chi connectivity index (χ2v) is 5.22. The van der Waals surface area contributed by atoms with Crippen LogP contribution in [0.1, 0.15) is 40.5 Å². The Balaban J connectivity index is 2.25. The van der Waals surface area contributed by atoms with Crippen LogP contribution in [-0.2, 0) is 0 Å². The highest BCUT2D eigenvalue weighted by Gasteiger charge is 2.27. The highest BCUT2D eigenvalue weighted by atomic mass is 15.4. The molecule has 2 aliphatic rings. The minimum Gasteiger partial charge on any atom is -0.370 e. The molecule has 0 fully saturated rings. The summed E-state index contributed by atoms with van der Waals surface area (Å²) in [6.45, 7) is 10.1. The molecule has 15 heavy (non-hydrogen) atoms. The predicted octanol–water partition coefficient (Wildman–Crippen LogP) is 2.10. The Labute approximate surface area is 92.2 Å². The summed E-state index contributed by atoms with van der Waals surface area (Å²) in [6.07, 6.45) is 4.47. The number of allylic oxidation sites excluding steroid dienone is 2. The smallest absolute Gasteiger partial charge is 0.0749 e. The second kappa shape index (κ2) is 3.47. The van der Waals surface area contributed by atoms with Gasteiger partial charge in [-0.1, -0.05) is 6.92 Å². The third-order valence-corrected chi connectivity index (χ3v) is 3.14. The SMILES string of the molecule is CCC1=C2CCN(C(C)(C)C)C=C2NN1. The summed E-state index contributed by atoms with van der Waals surface area (Å²) >= 11 is 0. The molecule has 0 saturated heterocycles. The van der Waals surface area contributed by atoms with E-state index in [-0.39, 0.29) is 5.54 Å². The summed E-state index contributed by atoms with van der Waals surface area (Å²) in [6, 6.07) is 0. The van der Waals surface area contributed by atoms with Gasteiger partial charge in [0.25, 0.3) is 0 Å². The fourth-order valence-corrected chi connectivity index (χ4v) is 2.14. The fourth-order valence-electron chi connectivity index (χ4n) is 2.14. The molecule has 2 aliphatic heterocycles. The van der Waals surface area contributed by atoms with Crippen molar-refractivity contribution in [3.8, 4) is 0 Å². The lowest BCUT2D eigenvalue weighted by atomic mass is 9.99. The molecule has 0 saturated carbocycles. The van der Waals surface area contributed by atoms with Crippen LogP contribution in [0.25, 0.3) is 0 Å². The van der Waals surface area contributed by atoms with Crippen molar-refractivity contribution in [1.82, 2.24) is 15.8 Å². The summed E-state index contributed by atoms with van der Waals surface area (Å²) < 4.78 is 0. The molecule has 2 heterocycles. The van der Waals surface area contributed by atoms with E-state index in [1.165, 1.54) is 17.0 Å². The van der Waals surface area contributed by atoms with Gasteiger partial charge in [-0.05, 0) is 33.6 Å². The Morgan fingerprint density at radius 1 is 1.33 bits per heavy atom. The molecule has 0 bridgehead atoms. The van der Waals surface area contributed by atoms with E-state index in [2.05, 4.69) is 49.6 Å². The number of hydrazine groups is 1. The van der Waals surface area contributed by atoms with Crippen molar-refractivity contribution in [1.29, 1.82) is 0 Å². The molecule has 0 aromatic carbocycles. The summed E-state index contributed by atoms with van der Waals surface area (Å²) in [5.74, 6) is 0. The van der Waals surface area contributed by atoms with Gasteiger partial charge in [0.15, 0.2) is 0 Å². The van der Waals surface area contributed by atoms with Crippen LogP contribution in [0.3, 0.4) is 0 Å². The first-order valence-corrected chi connectivity index (χ1v) is 5.75. The van der Waals surface area contributed by atoms with Crippen molar-refractivity contribution < 1.29 is 0 Å². The third kappa shape index (κ3) is 1.83. The van der Waals surface area contributed by atoms with Gasteiger partial charge in [-0.2, -0.15) is 0 Å². The summed E-state index contributed by atoms with van der Waals surface area (Å²) in [5, 5.41) is 0. The van der Waals surface area contributed by atoms with Crippen LogP contribution < -0.4 is 10.9 Å². The van der Waals surface area contributed by atoms with Crippen LogP contribution in [0.5, 0.6) is 0 Å². The molecule has 2 rings (SSSR count). The monoisotopic (exact) mass is 207 g/mol. The van der Waals surface area contributed by atoms with E-state index in [4.69, 9.17) is 0 Å². The first-order valence-electron chi connectivity index (χ1n) is 5.75. The van der Waals surface area contributed by atoms with Crippen LogP contribution in [0, 0.1) is 0 Å². The van der Waals surface area contributed by atoms with Crippen LogP contribution in [0.15, 0.2) is 23.2 Å². The van der Waals surface area contributed by atoms with Crippen LogP contribution in [-0.4, -0.2) is 17.0 Å². The Kier molecular flexibility index (Phi) is 2.41. The van der Waals surface area contributed by atoms with Gasteiger partial charge in [0.05, 0.1) is 5.70 Å². The number of rotatable bonds is 1. The maximum Gasteiger partial charge on any atom is 0.0749 e. The molecule has 3 nitrogen and oxygen atoms in total. The lowest BCUT2D eigenvalue weighted by molar-refractivity contribution is 0.200. The largest absolute Gasteiger partial charge is 0.370 e. The van der Waals surface area contributed by atoms with E-state index in [0.717, 1.165) is 19.4 Å². The van der Waals surface area contributed by atoms with E-state index in [1.54, 1.807) is 0 Å². The number of hydrogen-bond acceptors (Lipinski definition) is 3. The Morgan fingerprint density at radius 3 is 2.67 bits per heavy atom. The minimum atomic E-state index is 0.217. The van der Waals surface area contributed by atoms with Gasteiger partial charge >= 0.3 is 0 Å². The van der Waals surface area contributed by atoms with Gasteiger partial charge in [0.2, 0.25) is 0 Å². The molecule has 0 unspecified atom stereocenters. The number of nitrogens with one attached hydrogen (secondary N) is 2. The molecule has 0 spiro atoms. The van der Waals surface area contributed by atoms with Crippen molar-refractivity contribution in [3.05, 3.63) is 23.2 Å². The van der Waals surface area contributed by atoms with Crippen LogP contribution >= 0.6 is 0 Å². The van der Waals surface area contributed by atoms with Crippen LogP contribution in [0.4, 0.5) is 0 Å². The maximum absolute atomic E-state index is 3.26. The minimum absolute atomic E-state index is 0.217. The summed E-state index contributed by atoms with van der Waals surface area (Å²) in [7, 11) is 0. The van der Waals surface area contributed by atoms with Crippen molar-refractivity contribution in [3.63, 3.8) is 0 Å². The van der Waals surface area contributed by atoms with Crippen molar-refractivity contribution in [2.45, 2.75) is 46.1 Å². The molecule has 0 aromatic rings. The molecule has 0 atom stereocenters. The van der Waals surface area contributed by atoms with E-state index in [1.807, 2.05) is 0 Å². The van der Waals surface area contributed by atoms with E-state index in [9.17, 15) is 0 Å². The Bertz CT molecular complexity index is 320. The molecular weight excluding hydrogens is 186 g/mol. The normalized spacial score (nSPS) is 20.8. The van der Waals surface area contributed by atoms with E-state index >= 15 is 0 Å². The topological polar surface area (TPSA) is 27.3 Å². The zero-order chi connectivity index (χ0) is 11.1. The van der Waals surface area contributed by atoms with Gasteiger partial charge < -0.3 is 10.3 Å². The summed E-state index contributed by atoms with van der Waals surface area (Å²) in [4.78, 5) is 2.40. The fraction of sp³-hybridized carbons (Fsp3) is 0.667. The quantitative estimate of drug-likeness (QED) is 0.689. The van der Waals surface area contributed by atoms with Gasteiger partial charge in [0.1, 0.15) is 0 Å². The Hall–Kier alpha value is -1.12. The maximum atomic E-state index is 3.26. The molecule has 0 aliphatic carbocycles. The molecular formula is C12H21N3. The zero-order valence-electron chi connectivity index (χ0n) is 10.1. The van der Waals surface area contributed by atoms with E-state index in [0.29, 0.717) is 0 Å². The van der Waals surface area contributed by atoms with Crippen molar-refractivity contribution >= 4 is 0 Å². The van der Waals surface area contributed by atoms with Gasteiger partial charge in [-0.15, -0.1) is 0 Å². The van der Waals surface area contributed by atoms with Gasteiger partial charge in [-0.25, -0.2) is 0 Å². The number of nitrogens with zero attached hydrogens (tertiary/aromatic N) is 1. The van der Waals surface area contributed by atoms with Gasteiger partial charge in [-0.3, -0.25) is 5.43 Å². The first-order chi connectivity index (χ1) is 7.02. The van der Waals surface area contributed by atoms with Crippen molar-refractivity contribution in [2.75, 3.05) is 6.54 Å². The first kappa shape index (κ1) is 10.4. The average molecular weight is 207 g/mol. The number of hydrogen-bond donors (Lipinski definition) is 2. The third-order valence-electron chi connectivity index (χ3n) is 3.14. The Morgan fingerprint density at radius 2 is 2.07 bits per heavy atom.